The lowest BCUT2D eigenvalue weighted by molar-refractivity contribution is -0.274. The van der Waals surface area contributed by atoms with E-state index in [4.69, 9.17) is 11.0 Å². The number of rotatable bonds is 2. The van der Waals surface area contributed by atoms with Crippen molar-refractivity contribution in [2.24, 2.45) is 0 Å². The van der Waals surface area contributed by atoms with Gasteiger partial charge in [0.2, 0.25) is 0 Å². The summed E-state index contributed by atoms with van der Waals surface area (Å²) in [6, 6.07) is 5.66. The van der Waals surface area contributed by atoms with Crippen molar-refractivity contribution in [2.75, 3.05) is 5.73 Å². The number of hydrogen-bond donors (Lipinski definition) is 1. The second-order valence-corrected chi connectivity index (χ2v) is 2.75. The van der Waals surface area contributed by atoms with E-state index in [0.29, 0.717) is 5.56 Å². The summed E-state index contributed by atoms with van der Waals surface area (Å²) < 4.78 is 39.4. The van der Waals surface area contributed by atoms with Gasteiger partial charge in [0, 0.05) is 0 Å². The molecule has 0 saturated heterocycles. The van der Waals surface area contributed by atoms with Crippen LogP contribution in [0.1, 0.15) is 5.56 Å². The summed E-state index contributed by atoms with van der Waals surface area (Å²) >= 11 is 0. The Morgan fingerprint density at radius 1 is 1.40 bits per heavy atom. The van der Waals surface area contributed by atoms with E-state index in [1.165, 1.54) is 12.1 Å². The first kappa shape index (κ1) is 11.2. The van der Waals surface area contributed by atoms with Crippen LogP contribution in [0.3, 0.4) is 0 Å². The first-order valence-electron chi connectivity index (χ1n) is 3.93. The smallest absolute Gasteiger partial charge is 0.404 e. The van der Waals surface area contributed by atoms with Crippen LogP contribution in [0.2, 0.25) is 0 Å². The Bertz CT molecular complexity index is 395. The number of hydrogen-bond acceptors (Lipinski definition) is 3. The molecule has 1 rings (SSSR count). The lowest BCUT2D eigenvalue weighted by atomic mass is 10.1. The zero-order valence-electron chi connectivity index (χ0n) is 7.51. The molecule has 3 nitrogen and oxygen atoms in total. The first-order valence-corrected chi connectivity index (χ1v) is 3.93. The van der Waals surface area contributed by atoms with Crippen LogP contribution >= 0.6 is 0 Å². The molecule has 1 aromatic rings. The maximum absolute atomic E-state index is 11.9. The number of nitrogens with zero attached hydrogens (tertiary/aromatic N) is 1. The topological polar surface area (TPSA) is 59.0 Å². The Balaban J connectivity index is 2.96. The molecule has 0 saturated carbocycles. The monoisotopic (exact) mass is 216 g/mol. The first-order chi connectivity index (χ1) is 6.92. The lowest BCUT2D eigenvalue weighted by Crippen LogP contribution is -2.18. The van der Waals surface area contributed by atoms with Gasteiger partial charge in [-0.1, -0.05) is 6.07 Å². The van der Waals surface area contributed by atoms with Crippen LogP contribution in [0.25, 0.3) is 0 Å². The van der Waals surface area contributed by atoms with Crippen molar-refractivity contribution >= 4 is 5.69 Å². The highest BCUT2D eigenvalue weighted by Gasteiger charge is 2.31. The van der Waals surface area contributed by atoms with Gasteiger partial charge in [-0.2, -0.15) is 5.26 Å². The number of benzene rings is 1. The van der Waals surface area contributed by atoms with Gasteiger partial charge in [-0.05, 0) is 17.7 Å². The van der Waals surface area contributed by atoms with Crippen LogP contribution in [0, 0.1) is 11.3 Å². The normalized spacial score (nSPS) is 10.8. The van der Waals surface area contributed by atoms with Crippen molar-refractivity contribution in [3.05, 3.63) is 23.8 Å². The molecule has 1 aromatic carbocycles. The third-order valence-corrected chi connectivity index (χ3v) is 1.59. The predicted octanol–water partition coefficient (Wildman–Crippen LogP) is 2.23. The SMILES string of the molecule is N#CCc1ccc(N)c(OC(F)(F)F)c1. The Kier molecular flexibility index (Phi) is 3.04. The fourth-order valence-electron chi connectivity index (χ4n) is 0.993. The van der Waals surface area contributed by atoms with E-state index in [2.05, 4.69) is 4.74 Å². The Labute approximate surface area is 83.9 Å². The van der Waals surface area contributed by atoms with Crippen LogP contribution < -0.4 is 10.5 Å². The fraction of sp³-hybridized carbons (Fsp3) is 0.222. The van der Waals surface area contributed by atoms with E-state index < -0.39 is 12.1 Å². The molecule has 0 fully saturated rings. The highest BCUT2D eigenvalue weighted by atomic mass is 19.4. The number of alkyl halides is 3. The van der Waals surface area contributed by atoms with Crippen LogP contribution in [0.15, 0.2) is 18.2 Å². The minimum atomic E-state index is -4.78. The largest absolute Gasteiger partial charge is 0.573 e. The van der Waals surface area contributed by atoms with Gasteiger partial charge in [0.1, 0.15) is 0 Å². The molecule has 0 heterocycles. The molecule has 6 heteroatoms. The zero-order valence-corrected chi connectivity index (χ0v) is 7.51. The minimum Gasteiger partial charge on any atom is -0.404 e. The second kappa shape index (κ2) is 4.09. The van der Waals surface area contributed by atoms with Gasteiger partial charge >= 0.3 is 6.36 Å². The summed E-state index contributed by atoms with van der Waals surface area (Å²) in [5.41, 5.74) is 5.59. The molecule has 0 aromatic heterocycles. The summed E-state index contributed by atoms with van der Waals surface area (Å²) in [6.45, 7) is 0. The molecule has 0 bridgehead atoms. The Morgan fingerprint density at radius 3 is 2.60 bits per heavy atom. The summed E-state index contributed by atoms with van der Waals surface area (Å²) in [6.07, 6.45) is -4.77. The fourth-order valence-corrected chi connectivity index (χ4v) is 0.993. The molecule has 0 unspecified atom stereocenters. The van der Waals surface area contributed by atoms with Gasteiger partial charge in [-0.3, -0.25) is 0 Å². The predicted molar refractivity (Wildman–Crippen MR) is 46.9 cm³/mol. The minimum absolute atomic E-state index is 0.00843. The molecule has 80 valence electrons. The van der Waals surface area contributed by atoms with Crippen LogP contribution in [-0.4, -0.2) is 6.36 Å². The molecule has 15 heavy (non-hydrogen) atoms. The van der Waals surface area contributed by atoms with E-state index in [1.54, 1.807) is 0 Å². The van der Waals surface area contributed by atoms with Crippen LogP contribution in [-0.2, 0) is 6.42 Å². The molecular weight excluding hydrogens is 209 g/mol. The molecular formula is C9H7F3N2O. The van der Waals surface area contributed by atoms with Gasteiger partial charge in [-0.25, -0.2) is 0 Å². The Hall–Kier alpha value is -1.90. The third-order valence-electron chi connectivity index (χ3n) is 1.59. The van der Waals surface area contributed by atoms with E-state index in [9.17, 15) is 13.2 Å². The zero-order chi connectivity index (χ0) is 11.5. The molecule has 0 amide bonds. The number of nitrogens with two attached hydrogens (primary N) is 1. The number of ether oxygens (including phenoxy) is 1. The highest BCUT2D eigenvalue weighted by Crippen LogP contribution is 2.29. The van der Waals surface area contributed by atoms with Gasteiger partial charge < -0.3 is 10.5 Å². The number of halogens is 3. The van der Waals surface area contributed by atoms with Crippen molar-refractivity contribution < 1.29 is 17.9 Å². The Morgan fingerprint density at radius 2 is 2.07 bits per heavy atom. The third kappa shape index (κ3) is 3.38. The van der Waals surface area contributed by atoms with Crippen molar-refractivity contribution in [3.63, 3.8) is 0 Å². The maximum Gasteiger partial charge on any atom is 0.573 e. The van der Waals surface area contributed by atoms with Crippen LogP contribution in [0.5, 0.6) is 5.75 Å². The summed E-state index contributed by atoms with van der Waals surface area (Å²) in [4.78, 5) is 0. The van der Waals surface area contributed by atoms with Crippen molar-refractivity contribution in [1.29, 1.82) is 5.26 Å². The van der Waals surface area contributed by atoms with Gasteiger partial charge in [0.25, 0.3) is 0 Å². The van der Waals surface area contributed by atoms with Gasteiger partial charge in [0.15, 0.2) is 5.75 Å². The van der Waals surface area contributed by atoms with Crippen molar-refractivity contribution in [2.45, 2.75) is 12.8 Å². The van der Waals surface area contributed by atoms with Crippen molar-refractivity contribution in [1.82, 2.24) is 0 Å². The maximum atomic E-state index is 11.9. The number of nitriles is 1. The number of anilines is 1. The van der Waals surface area contributed by atoms with Crippen LogP contribution in [0.4, 0.5) is 18.9 Å². The molecule has 0 radical (unpaired) electrons. The van der Waals surface area contributed by atoms with Gasteiger partial charge in [0.05, 0.1) is 18.2 Å². The highest BCUT2D eigenvalue weighted by molar-refractivity contribution is 5.54. The molecule has 0 aliphatic carbocycles. The standard InChI is InChI=1S/C9H7F3N2O/c10-9(11,12)15-8-5-6(3-4-13)1-2-7(8)14/h1-2,5H,3,14H2. The van der Waals surface area contributed by atoms with Gasteiger partial charge in [-0.15, -0.1) is 13.2 Å². The molecule has 0 atom stereocenters. The van der Waals surface area contributed by atoms with E-state index >= 15 is 0 Å². The summed E-state index contributed by atoms with van der Waals surface area (Å²) in [5, 5.41) is 8.37. The average Bonchev–Trinajstić information content (AvgIpc) is 2.09. The molecule has 0 aliphatic rings. The molecule has 0 spiro atoms. The average molecular weight is 216 g/mol. The molecule has 0 aliphatic heterocycles. The van der Waals surface area contributed by atoms with Crippen molar-refractivity contribution in [3.8, 4) is 11.8 Å². The van der Waals surface area contributed by atoms with E-state index in [0.717, 1.165) is 6.07 Å². The summed E-state index contributed by atoms with van der Waals surface area (Å²) in [7, 11) is 0. The summed E-state index contributed by atoms with van der Waals surface area (Å²) in [5.74, 6) is -0.477. The second-order valence-electron chi connectivity index (χ2n) is 2.75. The van der Waals surface area contributed by atoms with E-state index in [1.807, 2.05) is 6.07 Å². The lowest BCUT2D eigenvalue weighted by Gasteiger charge is -2.11. The number of nitrogen functional groups attached to an aromatic ring is 1. The molecule has 2 N–H and O–H groups in total. The quantitative estimate of drug-likeness (QED) is 0.771. The van der Waals surface area contributed by atoms with E-state index in [-0.39, 0.29) is 12.1 Å².